The highest BCUT2D eigenvalue weighted by Gasteiger charge is 2.24. The Labute approximate surface area is 120 Å². The molecule has 1 aliphatic heterocycles. The third-order valence-electron chi connectivity index (χ3n) is 3.11. The van der Waals surface area contributed by atoms with E-state index in [-0.39, 0.29) is 23.4 Å². The molecule has 0 saturated carbocycles. The van der Waals surface area contributed by atoms with Gasteiger partial charge in [-0.05, 0) is 24.6 Å². The molecule has 1 unspecified atom stereocenters. The lowest BCUT2D eigenvalue weighted by molar-refractivity contribution is -0.119. The minimum atomic E-state index is -3.91. The maximum absolute atomic E-state index is 12.1. The van der Waals surface area contributed by atoms with Crippen LogP contribution in [-0.2, 0) is 14.8 Å². The summed E-state index contributed by atoms with van der Waals surface area (Å²) in [5, 5.41) is 20.8. The minimum Gasteiger partial charge on any atom is -0.507 e. The molecular weight excluding hydrogens is 300 g/mol. The summed E-state index contributed by atoms with van der Waals surface area (Å²) in [5.41, 5.74) is -0.493. The number of rotatable bonds is 5. The van der Waals surface area contributed by atoms with Gasteiger partial charge in [0.05, 0.1) is 4.90 Å². The van der Waals surface area contributed by atoms with Gasteiger partial charge in [0.1, 0.15) is 11.3 Å². The van der Waals surface area contributed by atoms with Crippen molar-refractivity contribution in [3.05, 3.63) is 23.8 Å². The first-order chi connectivity index (χ1) is 9.79. The van der Waals surface area contributed by atoms with Gasteiger partial charge in [-0.15, -0.1) is 0 Å². The predicted molar refractivity (Wildman–Crippen MR) is 71.4 cm³/mol. The smallest absolute Gasteiger partial charge is 0.339 e. The van der Waals surface area contributed by atoms with Gasteiger partial charge in [-0.25, -0.2) is 17.9 Å². The van der Waals surface area contributed by atoms with Crippen molar-refractivity contribution in [3.8, 4) is 5.75 Å². The second kappa shape index (κ2) is 5.70. The van der Waals surface area contributed by atoms with Crippen molar-refractivity contribution in [3.63, 3.8) is 0 Å². The number of amides is 1. The van der Waals surface area contributed by atoms with Gasteiger partial charge in [0.25, 0.3) is 0 Å². The van der Waals surface area contributed by atoms with Crippen LogP contribution in [0, 0.1) is 0 Å². The number of carboxylic acid groups (broad SMARTS) is 1. The van der Waals surface area contributed by atoms with Gasteiger partial charge in [0.15, 0.2) is 0 Å². The van der Waals surface area contributed by atoms with E-state index in [1.54, 1.807) is 0 Å². The zero-order chi connectivity index (χ0) is 15.6. The molecule has 0 spiro atoms. The van der Waals surface area contributed by atoms with Crippen LogP contribution >= 0.6 is 0 Å². The second-order valence-electron chi connectivity index (χ2n) is 4.64. The summed E-state index contributed by atoms with van der Waals surface area (Å²) >= 11 is 0. The first-order valence-electron chi connectivity index (χ1n) is 6.15. The first kappa shape index (κ1) is 15.3. The highest BCUT2D eigenvalue weighted by Crippen LogP contribution is 2.21. The lowest BCUT2D eigenvalue weighted by atomic mass is 10.2. The molecular formula is C12H14N2O6S. The van der Waals surface area contributed by atoms with E-state index in [1.807, 2.05) is 0 Å². The zero-order valence-electron chi connectivity index (χ0n) is 10.9. The number of phenols is 1. The topological polar surface area (TPSA) is 133 Å². The van der Waals surface area contributed by atoms with Crippen molar-refractivity contribution in [2.45, 2.75) is 23.8 Å². The lowest BCUT2D eigenvalue weighted by Gasteiger charge is -2.12. The summed E-state index contributed by atoms with van der Waals surface area (Å²) in [6.07, 6.45) is 0.895. The van der Waals surface area contributed by atoms with Crippen molar-refractivity contribution in [2.24, 2.45) is 0 Å². The Hall–Kier alpha value is -2.13. The summed E-state index contributed by atoms with van der Waals surface area (Å²) in [5.74, 6) is -2.06. The van der Waals surface area contributed by atoms with Gasteiger partial charge in [0, 0.05) is 19.0 Å². The molecule has 1 fully saturated rings. The van der Waals surface area contributed by atoms with Crippen molar-refractivity contribution < 1.29 is 28.2 Å². The fraction of sp³-hybridized carbons (Fsp3) is 0.333. The Morgan fingerprint density at radius 3 is 2.71 bits per heavy atom. The van der Waals surface area contributed by atoms with Crippen molar-refractivity contribution in [1.29, 1.82) is 0 Å². The molecule has 2 rings (SSSR count). The van der Waals surface area contributed by atoms with Crippen LogP contribution in [0.4, 0.5) is 0 Å². The molecule has 4 N–H and O–H groups in total. The monoisotopic (exact) mass is 314 g/mol. The quantitative estimate of drug-likeness (QED) is 0.587. The number of sulfonamides is 1. The van der Waals surface area contributed by atoms with Crippen molar-refractivity contribution in [1.82, 2.24) is 10.0 Å². The maximum atomic E-state index is 12.1. The van der Waals surface area contributed by atoms with E-state index in [4.69, 9.17) is 5.11 Å². The normalized spacial score (nSPS) is 18.5. The van der Waals surface area contributed by atoms with Gasteiger partial charge >= 0.3 is 5.97 Å². The van der Waals surface area contributed by atoms with Gasteiger partial charge in [-0.1, -0.05) is 0 Å². The van der Waals surface area contributed by atoms with E-state index in [2.05, 4.69) is 10.0 Å². The molecule has 1 heterocycles. The van der Waals surface area contributed by atoms with Crippen LogP contribution in [0.25, 0.3) is 0 Å². The molecule has 0 aliphatic carbocycles. The van der Waals surface area contributed by atoms with Crippen molar-refractivity contribution in [2.75, 3.05) is 6.54 Å². The number of nitrogens with one attached hydrogen (secondary N) is 2. The van der Waals surface area contributed by atoms with Gasteiger partial charge in [-0.2, -0.15) is 0 Å². The van der Waals surface area contributed by atoms with Gasteiger partial charge in [0.2, 0.25) is 15.9 Å². The molecule has 21 heavy (non-hydrogen) atoms. The first-order valence-corrected chi connectivity index (χ1v) is 7.63. The standard InChI is InChI=1S/C12H14N2O6S/c15-10-3-2-8(5-9(10)12(17)18)21(19,20)13-6-7-1-4-11(16)14-7/h2-3,5,7,13,15H,1,4,6H2,(H,14,16)(H,17,18). The Bertz CT molecular complexity index is 685. The van der Waals surface area contributed by atoms with Crippen molar-refractivity contribution >= 4 is 21.9 Å². The number of hydrogen-bond acceptors (Lipinski definition) is 5. The third kappa shape index (κ3) is 3.50. The Balaban J connectivity index is 2.14. The van der Waals surface area contributed by atoms with Crippen LogP contribution in [0.2, 0.25) is 0 Å². The molecule has 114 valence electrons. The average Bonchev–Trinajstić information content (AvgIpc) is 2.82. The van der Waals surface area contributed by atoms with E-state index >= 15 is 0 Å². The largest absolute Gasteiger partial charge is 0.507 e. The number of hydrogen-bond donors (Lipinski definition) is 4. The van der Waals surface area contributed by atoms with Crippen LogP contribution in [0.3, 0.4) is 0 Å². The number of carboxylic acids is 1. The fourth-order valence-corrected chi connectivity index (χ4v) is 3.09. The Morgan fingerprint density at radius 1 is 1.43 bits per heavy atom. The average molecular weight is 314 g/mol. The van der Waals surface area contributed by atoms with Crippen LogP contribution in [0.15, 0.2) is 23.1 Å². The Kier molecular flexibility index (Phi) is 4.14. The van der Waals surface area contributed by atoms with Crippen LogP contribution in [0.5, 0.6) is 5.75 Å². The number of benzene rings is 1. The number of aromatic hydroxyl groups is 1. The molecule has 1 atom stereocenters. The summed E-state index contributed by atoms with van der Waals surface area (Å²) in [6, 6.07) is 2.73. The molecule has 1 amide bonds. The van der Waals surface area contributed by atoms with E-state index in [0.29, 0.717) is 12.8 Å². The highest BCUT2D eigenvalue weighted by molar-refractivity contribution is 7.89. The predicted octanol–water partition coefficient (Wildman–Crippen LogP) is -0.353. The minimum absolute atomic E-state index is 0.0252. The van der Waals surface area contributed by atoms with Gasteiger partial charge < -0.3 is 15.5 Å². The summed E-state index contributed by atoms with van der Waals surface area (Å²) in [7, 11) is -3.91. The number of carbonyl (C=O) groups excluding carboxylic acids is 1. The summed E-state index contributed by atoms with van der Waals surface area (Å²) in [4.78, 5) is 21.6. The van der Waals surface area contributed by atoms with E-state index < -0.39 is 27.3 Å². The number of carbonyl (C=O) groups is 2. The molecule has 1 aliphatic rings. The van der Waals surface area contributed by atoms with E-state index in [9.17, 15) is 23.1 Å². The molecule has 0 bridgehead atoms. The molecule has 9 heteroatoms. The lowest BCUT2D eigenvalue weighted by Crippen LogP contribution is -2.38. The maximum Gasteiger partial charge on any atom is 0.339 e. The van der Waals surface area contributed by atoms with Crippen LogP contribution in [0.1, 0.15) is 23.2 Å². The molecule has 1 aromatic carbocycles. The molecule has 8 nitrogen and oxygen atoms in total. The summed E-state index contributed by atoms with van der Waals surface area (Å²) in [6.45, 7) is 0.0252. The molecule has 1 saturated heterocycles. The molecule has 0 aromatic heterocycles. The zero-order valence-corrected chi connectivity index (χ0v) is 11.7. The summed E-state index contributed by atoms with van der Waals surface area (Å²) < 4.78 is 26.4. The molecule has 0 radical (unpaired) electrons. The van der Waals surface area contributed by atoms with Crippen LogP contribution < -0.4 is 10.0 Å². The van der Waals surface area contributed by atoms with Gasteiger partial charge in [-0.3, -0.25) is 4.79 Å². The third-order valence-corrected chi connectivity index (χ3v) is 4.53. The fourth-order valence-electron chi connectivity index (χ4n) is 1.98. The SMILES string of the molecule is O=C1CCC(CNS(=O)(=O)c2ccc(O)c(C(=O)O)c2)N1. The second-order valence-corrected chi connectivity index (χ2v) is 6.41. The van der Waals surface area contributed by atoms with E-state index in [1.165, 1.54) is 0 Å². The highest BCUT2D eigenvalue weighted by atomic mass is 32.2. The number of aromatic carboxylic acids is 1. The Morgan fingerprint density at radius 2 is 2.14 bits per heavy atom. The van der Waals surface area contributed by atoms with E-state index in [0.717, 1.165) is 18.2 Å². The molecule has 1 aromatic rings. The van der Waals surface area contributed by atoms with Crippen LogP contribution in [-0.4, -0.2) is 43.1 Å².